The van der Waals surface area contributed by atoms with Gasteiger partial charge in [0.15, 0.2) is 0 Å². The largest absolute Gasteiger partial charge is 0.508 e. The van der Waals surface area contributed by atoms with Crippen LogP contribution in [0.15, 0.2) is 59.7 Å². The van der Waals surface area contributed by atoms with Gasteiger partial charge in [0, 0.05) is 43.1 Å². The predicted molar refractivity (Wildman–Crippen MR) is 134 cm³/mol. The third kappa shape index (κ3) is 5.05. The summed E-state index contributed by atoms with van der Waals surface area (Å²) in [6.07, 6.45) is 9.36. The van der Waals surface area contributed by atoms with Gasteiger partial charge in [-0.1, -0.05) is 18.2 Å². The minimum Gasteiger partial charge on any atom is -0.508 e. The van der Waals surface area contributed by atoms with E-state index in [9.17, 15) is 14.7 Å². The molecular weight excluding hydrogens is 444 g/mol. The summed E-state index contributed by atoms with van der Waals surface area (Å²) < 4.78 is 11.5. The molecule has 4 rings (SSSR count). The van der Waals surface area contributed by atoms with E-state index in [2.05, 4.69) is 16.8 Å². The SMILES string of the molecule is C=CCN1CC[C@@]2(c3cccc(O)c3)C[C@@H](NC(=O)/C=C/c3ccoc3C)CC[C@]2(OC(C)=O)C1. The fraction of sp³-hybridized carbons (Fsp3) is 0.429. The summed E-state index contributed by atoms with van der Waals surface area (Å²) in [7, 11) is 0. The van der Waals surface area contributed by atoms with E-state index >= 15 is 0 Å². The predicted octanol–water partition coefficient (Wildman–Crippen LogP) is 4.11. The molecule has 1 aliphatic heterocycles. The van der Waals surface area contributed by atoms with Gasteiger partial charge >= 0.3 is 5.97 Å². The van der Waals surface area contributed by atoms with Crippen molar-refractivity contribution in [2.24, 2.45) is 0 Å². The number of piperidine rings is 1. The molecule has 0 spiro atoms. The van der Waals surface area contributed by atoms with Crippen LogP contribution in [0.3, 0.4) is 0 Å². The monoisotopic (exact) mass is 478 g/mol. The standard InChI is InChI=1S/C28H34N2O5/c1-4-14-30-15-13-27(23-6-5-7-25(32)17-23)18-24(10-12-28(27,19-30)35-21(3)31)29-26(33)9-8-22-11-16-34-20(22)2/h4-9,11,16-17,24,32H,1,10,12-15,18-19H2,2-3H3,(H,29,33)/b9-8+/t24-,27-,28-/m0/s1. The van der Waals surface area contributed by atoms with Gasteiger partial charge in [-0.25, -0.2) is 0 Å². The van der Waals surface area contributed by atoms with Gasteiger partial charge in [-0.15, -0.1) is 6.58 Å². The quantitative estimate of drug-likeness (QED) is 0.354. The summed E-state index contributed by atoms with van der Waals surface area (Å²) in [5, 5.41) is 13.5. The molecule has 0 unspecified atom stereocenters. The molecular formula is C28H34N2O5. The number of aromatic hydroxyl groups is 1. The van der Waals surface area contributed by atoms with E-state index < -0.39 is 11.0 Å². The van der Waals surface area contributed by atoms with E-state index in [0.717, 1.165) is 29.9 Å². The number of nitrogens with zero attached hydrogens (tertiary/aromatic N) is 1. The first kappa shape index (κ1) is 24.8. The van der Waals surface area contributed by atoms with Gasteiger partial charge in [0.2, 0.25) is 5.91 Å². The molecule has 1 saturated carbocycles. The molecule has 2 fully saturated rings. The first-order valence-electron chi connectivity index (χ1n) is 12.1. The van der Waals surface area contributed by atoms with Crippen molar-refractivity contribution in [3.63, 3.8) is 0 Å². The maximum Gasteiger partial charge on any atom is 0.303 e. The molecule has 1 aliphatic carbocycles. The van der Waals surface area contributed by atoms with Gasteiger partial charge in [-0.3, -0.25) is 14.5 Å². The molecule has 2 aromatic rings. The fourth-order valence-corrected chi connectivity index (χ4v) is 5.93. The van der Waals surface area contributed by atoms with Crippen molar-refractivity contribution in [3.8, 4) is 5.75 Å². The third-order valence-electron chi connectivity index (χ3n) is 7.48. The number of carbonyl (C=O) groups excluding carboxylic acids is 2. The Morgan fingerprint density at radius 1 is 1.34 bits per heavy atom. The highest BCUT2D eigenvalue weighted by atomic mass is 16.6. The van der Waals surface area contributed by atoms with Gasteiger partial charge in [0.1, 0.15) is 17.1 Å². The lowest BCUT2D eigenvalue weighted by Crippen LogP contribution is -2.68. The number of phenolic OH excluding ortho intramolecular Hbond substituents is 1. The van der Waals surface area contributed by atoms with Crippen molar-refractivity contribution in [2.45, 2.75) is 56.6 Å². The molecule has 1 saturated heterocycles. The normalized spacial score (nSPS) is 26.7. The highest BCUT2D eigenvalue weighted by molar-refractivity contribution is 5.92. The lowest BCUT2D eigenvalue weighted by atomic mass is 9.55. The fourth-order valence-electron chi connectivity index (χ4n) is 5.93. The Kier molecular flexibility index (Phi) is 7.17. The van der Waals surface area contributed by atoms with Gasteiger partial charge < -0.3 is 19.6 Å². The number of rotatable bonds is 7. The molecule has 1 aromatic carbocycles. The zero-order chi connectivity index (χ0) is 25.1. The summed E-state index contributed by atoms with van der Waals surface area (Å²) in [5.41, 5.74) is 0.485. The van der Waals surface area contributed by atoms with Crippen molar-refractivity contribution in [1.82, 2.24) is 10.2 Å². The zero-order valence-corrected chi connectivity index (χ0v) is 20.5. The number of amides is 1. The van der Waals surface area contributed by atoms with Gasteiger partial charge in [0.05, 0.1) is 6.26 Å². The summed E-state index contributed by atoms with van der Waals surface area (Å²) in [6, 6.07) is 8.95. The number of ether oxygens (including phenoxy) is 1. The van der Waals surface area contributed by atoms with Crippen LogP contribution in [0.2, 0.25) is 0 Å². The van der Waals surface area contributed by atoms with Gasteiger partial charge in [-0.2, -0.15) is 0 Å². The van der Waals surface area contributed by atoms with Crippen molar-refractivity contribution in [1.29, 1.82) is 0 Å². The Morgan fingerprint density at radius 2 is 2.17 bits per heavy atom. The lowest BCUT2D eigenvalue weighted by molar-refractivity contribution is -0.186. The molecule has 1 amide bonds. The Balaban J connectivity index is 1.65. The van der Waals surface area contributed by atoms with Gasteiger partial charge in [-0.05, 0) is 69.0 Å². The second-order valence-electron chi connectivity index (χ2n) is 9.71. The van der Waals surface area contributed by atoms with Crippen molar-refractivity contribution in [3.05, 3.63) is 72.2 Å². The van der Waals surface area contributed by atoms with Gasteiger partial charge in [0.25, 0.3) is 0 Å². The molecule has 7 nitrogen and oxygen atoms in total. The second-order valence-corrected chi connectivity index (χ2v) is 9.71. The molecule has 0 radical (unpaired) electrons. The number of esters is 1. The maximum atomic E-state index is 12.8. The number of benzene rings is 1. The molecule has 186 valence electrons. The highest BCUT2D eigenvalue weighted by Gasteiger charge is 2.60. The summed E-state index contributed by atoms with van der Waals surface area (Å²) in [6.45, 7) is 9.26. The first-order chi connectivity index (χ1) is 16.8. The maximum absolute atomic E-state index is 12.8. The smallest absolute Gasteiger partial charge is 0.303 e. The molecule has 35 heavy (non-hydrogen) atoms. The number of hydrogen-bond donors (Lipinski definition) is 2. The first-order valence-corrected chi connectivity index (χ1v) is 12.1. The topological polar surface area (TPSA) is 92.0 Å². The second kappa shape index (κ2) is 10.1. The Bertz CT molecular complexity index is 1120. The number of hydrogen-bond acceptors (Lipinski definition) is 6. The van der Waals surface area contributed by atoms with Crippen LogP contribution in [-0.2, 0) is 19.7 Å². The minimum atomic E-state index is -0.765. The summed E-state index contributed by atoms with van der Waals surface area (Å²) in [5.74, 6) is 0.431. The number of phenols is 1. The molecule has 2 heterocycles. The van der Waals surface area contributed by atoms with Crippen LogP contribution < -0.4 is 5.32 Å². The Labute approximate surface area is 206 Å². The van der Waals surface area contributed by atoms with E-state index in [1.807, 2.05) is 31.2 Å². The Hall–Kier alpha value is -3.32. The van der Waals surface area contributed by atoms with E-state index in [0.29, 0.717) is 32.4 Å². The van der Waals surface area contributed by atoms with Crippen LogP contribution in [-0.4, -0.2) is 53.2 Å². The number of likely N-dealkylation sites (tertiary alicyclic amines) is 1. The molecule has 3 atom stereocenters. The number of fused-ring (bicyclic) bond motifs is 1. The number of furan rings is 1. The van der Waals surface area contributed by atoms with Crippen LogP contribution in [0, 0.1) is 6.92 Å². The molecule has 0 bridgehead atoms. The van der Waals surface area contributed by atoms with Crippen LogP contribution in [0.25, 0.3) is 6.08 Å². The lowest BCUT2D eigenvalue weighted by Gasteiger charge is -2.59. The van der Waals surface area contributed by atoms with E-state index in [1.54, 1.807) is 24.5 Å². The average Bonchev–Trinajstić information content (AvgIpc) is 3.22. The third-order valence-corrected chi connectivity index (χ3v) is 7.48. The average molecular weight is 479 g/mol. The van der Waals surface area contributed by atoms with E-state index in [-0.39, 0.29) is 23.7 Å². The van der Waals surface area contributed by atoms with Crippen LogP contribution in [0.1, 0.15) is 49.5 Å². The molecule has 1 aromatic heterocycles. The van der Waals surface area contributed by atoms with Crippen LogP contribution in [0.4, 0.5) is 0 Å². The van der Waals surface area contributed by atoms with Crippen LogP contribution >= 0.6 is 0 Å². The molecule has 7 heteroatoms. The van der Waals surface area contributed by atoms with Crippen molar-refractivity contribution in [2.75, 3.05) is 19.6 Å². The minimum absolute atomic E-state index is 0.102. The number of nitrogens with one attached hydrogen (secondary N) is 1. The Morgan fingerprint density at radius 3 is 2.86 bits per heavy atom. The van der Waals surface area contributed by atoms with E-state index in [1.165, 1.54) is 13.0 Å². The van der Waals surface area contributed by atoms with Crippen molar-refractivity contribution >= 4 is 18.0 Å². The number of carbonyl (C=O) groups is 2. The summed E-state index contributed by atoms with van der Waals surface area (Å²) >= 11 is 0. The van der Waals surface area contributed by atoms with Crippen LogP contribution in [0.5, 0.6) is 5.75 Å². The number of aryl methyl sites for hydroxylation is 1. The molecule has 2 aliphatic rings. The zero-order valence-electron chi connectivity index (χ0n) is 20.5. The summed E-state index contributed by atoms with van der Waals surface area (Å²) in [4.78, 5) is 27.4. The van der Waals surface area contributed by atoms with E-state index in [4.69, 9.17) is 9.15 Å². The highest BCUT2D eigenvalue weighted by Crippen LogP contribution is 2.54. The molecule has 2 N–H and O–H groups in total. The van der Waals surface area contributed by atoms with Crippen molar-refractivity contribution < 1.29 is 23.8 Å².